The highest BCUT2D eigenvalue weighted by atomic mass is 35.5. The largest absolute Gasteiger partial charge is 0.365 e. The molecular weight excluding hydrogens is 314 g/mol. The molecule has 21 heavy (non-hydrogen) atoms. The smallest absolute Gasteiger partial charge is 0.275 e. The van der Waals surface area contributed by atoms with E-state index in [1.165, 1.54) is 10.4 Å². The maximum Gasteiger partial charge on any atom is 0.275 e. The van der Waals surface area contributed by atoms with Crippen LogP contribution in [0.3, 0.4) is 0 Å². The van der Waals surface area contributed by atoms with Crippen LogP contribution in [-0.4, -0.2) is 50.9 Å². The quantitative estimate of drug-likeness (QED) is 0.749. The van der Waals surface area contributed by atoms with Gasteiger partial charge in [0.15, 0.2) is 6.04 Å². The molecule has 1 heterocycles. The van der Waals surface area contributed by atoms with Crippen molar-refractivity contribution in [3.05, 3.63) is 29.3 Å². The number of primary amides is 1. The van der Waals surface area contributed by atoms with Crippen molar-refractivity contribution in [1.29, 1.82) is 0 Å². The maximum absolute atomic E-state index is 12.6. The Bertz CT molecular complexity index is 627. The van der Waals surface area contributed by atoms with E-state index in [0.717, 1.165) is 4.90 Å². The first-order valence-corrected chi connectivity index (χ1v) is 8.54. The maximum atomic E-state index is 12.6. The fourth-order valence-corrected chi connectivity index (χ4v) is 4.38. The second-order valence-corrected chi connectivity index (χ2v) is 7.43. The van der Waals surface area contributed by atoms with E-state index in [0.29, 0.717) is 26.2 Å². The van der Waals surface area contributed by atoms with Crippen LogP contribution in [0, 0.1) is 0 Å². The molecular formula is C13H19ClN3O3S+. The van der Waals surface area contributed by atoms with E-state index in [9.17, 15) is 13.2 Å². The summed E-state index contributed by atoms with van der Waals surface area (Å²) in [6, 6.07) is 6.09. The minimum absolute atomic E-state index is 0.123. The van der Waals surface area contributed by atoms with Gasteiger partial charge in [0.05, 0.1) is 31.2 Å². The average Bonchev–Trinajstić information content (AvgIpc) is 2.46. The Kier molecular flexibility index (Phi) is 4.88. The average molecular weight is 333 g/mol. The second kappa shape index (κ2) is 6.31. The van der Waals surface area contributed by atoms with Crippen molar-refractivity contribution in [2.45, 2.75) is 17.9 Å². The molecule has 1 amide bonds. The zero-order chi connectivity index (χ0) is 15.6. The highest BCUT2D eigenvalue weighted by molar-refractivity contribution is 7.89. The van der Waals surface area contributed by atoms with E-state index in [1.807, 2.05) is 0 Å². The third-order valence-corrected chi connectivity index (χ3v) is 6.26. The lowest BCUT2D eigenvalue weighted by molar-refractivity contribution is -0.917. The van der Waals surface area contributed by atoms with Crippen molar-refractivity contribution in [2.75, 3.05) is 26.2 Å². The lowest BCUT2D eigenvalue weighted by Gasteiger charge is -2.33. The number of benzene rings is 1. The van der Waals surface area contributed by atoms with Gasteiger partial charge in [-0.3, -0.25) is 4.79 Å². The normalized spacial score (nSPS) is 19.3. The molecule has 1 atom stereocenters. The minimum atomic E-state index is -3.59. The summed E-state index contributed by atoms with van der Waals surface area (Å²) in [6.45, 7) is 3.55. The highest BCUT2D eigenvalue weighted by Crippen LogP contribution is 2.23. The van der Waals surface area contributed by atoms with Crippen molar-refractivity contribution in [3.63, 3.8) is 0 Å². The highest BCUT2D eigenvalue weighted by Gasteiger charge is 2.34. The fourth-order valence-electron chi connectivity index (χ4n) is 2.44. The minimum Gasteiger partial charge on any atom is -0.365 e. The van der Waals surface area contributed by atoms with Crippen LogP contribution in [0.15, 0.2) is 29.2 Å². The molecule has 1 saturated heterocycles. The van der Waals surface area contributed by atoms with Gasteiger partial charge in [-0.15, -0.1) is 0 Å². The van der Waals surface area contributed by atoms with E-state index in [-0.39, 0.29) is 21.9 Å². The van der Waals surface area contributed by atoms with Crippen LogP contribution in [0.2, 0.25) is 5.02 Å². The van der Waals surface area contributed by atoms with Gasteiger partial charge >= 0.3 is 0 Å². The number of hydrogen-bond donors (Lipinski definition) is 2. The lowest BCUT2D eigenvalue weighted by Crippen LogP contribution is -3.19. The van der Waals surface area contributed by atoms with Gasteiger partial charge in [-0.1, -0.05) is 23.7 Å². The van der Waals surface area contributed by atoms with Crippen LogP contribution in [0.4, 0.5) is 0 Å². The van der Waals surface area contributed by atoms with E-state index in [4.69, 9.17) is 17.3 Å². The molecule has 116 valence electrons. The van der Waals surface area contributed by atoms with Gasteiger partial charge < -0.3 is 10.6 Å². The molecule has 1 aromatic rings. The summed E-state index contributed by atoms with van der Waals surface area (Å²) in [7, 11) is -3.59. The number of amides is 1. The number of carbonyl (C=O) groups is 1. The van der Waals surface area contributed by atoms with Crippen molar-refractivity contribution >= 4 is 27.5 Å². The fraction of sp³-hybridized carbons (Fsp3) is 0.462. The molecule has 0 aromatic heterocycles. The predicted molar refractivity (Wildman–Crippen MR) is 79.6 cm³/mol. The summed E-state index contributed by atoms with van der Waals surface area (Å²) in [4.78, 5) is 12.3. The number of carbonyl (C=O) groups excluding carboxylic acids is 1. The summed E-state index contributed by atoms with van der Waals surface area (Å²) in [5, 5.41) is 0.220. The first-order valence-electron chi connectivity index (χ1n) is 6.72. The number of quaternary nitrogens is 1. The molecule has 0 bridgehead atoms. The first kappa shape index (κ1) is 16.2. The summed E-state index contributed by atoms with van der Waals surface area (Å²) in [5.41, 5.74) is 5.29. The monoisotopic (exact) mass is 332 g/mol. The van der Waals surface area contributed by atoms with Crippen LogP contribution < -0.4 is 10.6 Å². The molecule has 8 heteroatoms. The summed E-state index contributed by atoms with van der Waals surface area (Å²) < 4.78 is 26.5. The van der Waals surface area contributed by atoms with Crippen molar-refractivity contribution in [3.8, 4) is 0 Å². The summed E-state index contributed by atoms with van der Waals surface area (Å²) in [5.74, 6) is -0.368. The molecule has 6 nitrogen and oxygen atoms in total. The van der Waals surface area contributed by atoms with Gasteiger partial charge in [-0.25, -0.2) is 8.42 Å². The zero-order valence-electron chi connectivity index (χ0n) is 11.8. The molecule has 3 N–H and O–H groups in total. The SMILES string of the molecule is C[C@H](C(N)=O)[NH+]1CCN(S(=O)(=O)c2ccccc2Cl)CC1. The topological polar surface area (TPSA) is 84.9 Å². The van der Waals surface area contributed by atoms with E-state index < -0.39 is 10.0 Å². The number of nitrogens with two attached hydrogens (primary N) is 1. The van der Waals surface area contributed by atoms with Crippen LogP contribution >= 0.6 is 11.6 Å². The zero-order valence-corrected chi connectivity index (χ0v) is 13.3. The molecule has 0 radical (unpaired) electrons. The van der Waals surface area contributed by atoms with Gasteiger partial charge in [0, 0.05) is 0 Å². The summed E-state index contributed by atoms with van der Waals surface area (Å²) >= 11 is 5.98. The molecule has 0 spiro atoms. The third-order valence-electron chi connectivity index (χ3n) is 3.86. The number of sulfonamides is 1. The molecule has 1 fully saturated rings. The Balaban J connectivity index is 2.12. The van der Waals surface area contributed by atoms with Crippen molar-refractivity contribution in [1.82, 2.24) is 4.31 Å². The Labute approximate surface area is 129 Å². The van der Waals surface area contributed by atoms with Gasteiger partial charge in [0.2, 0.25) is 10.0 Å². The number of halogens is 1. The van der Waals surface area contributed by atoms with Gasteiger partial charge in [-0.05, 0) is 19.1 Å². The molecule has 1 aliphatic rings. The standard InChI is InChI=1S/C13H18ClN3O3S/c1-10(13(15)18)16-6-8-17(9-7-16)21(19,20)12-5-3-2-4-11(12)14/h2-5,10H,6-9H2,1H3,(H2,15,18)/p+1/t10-/m1/s1. The summed E-state index contributed by atoms with van der Waals surface area (Å²) in [6.07, 6.45) is 0. The van der Waals surface area contributed by atoms with Crippen LogP contribution in [0.1, 0.15) is 6.92 Å². The first-order chi connectivity index (χ1) is 9.84. The number of nitrogens with one attached hydrogen (secondary N) is 1. The molecule has 0 saturated carbocycles. The predicted octanol–water partition coefficient (Wildman–Crippen LogP) is -0.897. The molecule has 0 aliphatic carbocycles. The Morgan fingerprint density at radius 2 is 1.90 bits per heavy atom. The number of piperazine rings is 1. The van der Waals surface area contributed by atoms with E-state index >= 15 is 0 Å². The molecule has 1 aromatic carbocycles. The van der Waals surface area contributed by atoms with Gasteiger partial charge in [0.1, 0.15) is 4.90 Å². The van der Waals surface area contributed by atoms with Gasteiger partial charge in [-0.2, -0.15) is 4.31 Å². The van der Waals surface area contributed by atoms with Gasteiger partial charge in [0.25, 0.3) is 5.91 Å². The van der Waals surface area contributed by atoms with Crippen LogP contribution in [0.5, 0.6) is 0 Å². The van der Waals surface area contributed by atoms with Crippen molar-refractivity contribution < 1.29 is 18.1 Å². The van der Waals surface area contributed by atoms with E-state index in [1.54, 1.807) is 25.1 Å². The molecule has 1 aliphatic heterocycles. The Morgan fingerprint density at radius 3 is 2.43 bits per heavy atom. The van der Waals surface area contributed by atoms with Crippen LogP contribution in [-0.2, 0) is 14.8 Å². The third kappa shape index (κ3) is 3.37. The Hall–Kier alpha value is -1.15. The number of hydrogen-bond acceptors (Lipinski definition) is 3. The number of rotatable bonds is 4. The number of nitrogens with zero attached hydrogens (tertiary/aromatic N) is 1. The molecule has 2 rings (SSSR count). The lowest BCUT2D eigenvalue weighted by atomic mass is 10.2. The van der Waals surface area contributed by atoms with E-state index in [2.05, 4.69) is 0 Å². The van der Waals surface area contributed by atoms with Crippen molar-refractivity contribution in [2.24, 2.45) is 5.73 Å². The second-order valence-electron chi connectivity index (χ2n) is 5.12. The Morgan fingerprint density at radius 1 is 1.33 bits per heavy atom. The molecule has 0 unspecified atom stereocenters. The van der Waals surface area contributed by atoms with Crippen LogP contribution in [0.25, 0.3) is 0 Å².